The highest BCUT2D eigenvalue weighted by molar-refractivity contribution is 8.76. The number of rotatable bonds is 10. The van der Waals surface area contributed by atoms with E-state index in [1.807, 2.05) is 0 Å². The molecule has 2 atom stereocenters. The Morgan fingerprint density at radius 3 is 2.27 bits per heavy atom. The molecule has 4 saturated carbocycles. The summed E-state index contributed by atoms with van der Waals surface area (Å²) in [6.07, 6.45) is 8.39. The molecule has 3 N–H and O–H groups in total. The molecule has 33 heavy (non-hydrogen) atoms. The molecule has 4 aliphatic carbocycles. The van der Waals surface area contributed by atoms with Crippen LogP contribution in [0, 0.1) is 23.2 Å². The minimum Gasteiger partial charge on any atom is -0.480 e. The first-order valence-electron chi connectivity index (χ1n) is 12.1. The molecule has 1 heterocycles. The van der Waals surface area contributed by atoms with Gasteiger partial charge in [0, 0.05) is 36.9 Å². The summed E-state index contributed by atoms with van der Waals surface area (Å²) in [4.78, 5) is 50.3. The van der Waals surface area contributed by atoms with Crippen LogP contribution in [0.15, 0.2) is 0 Å². The van der Waals surface area contributed by atoms with Gasteiger partial charge in [0.25, 0.3) is 0 Å². The summed E-state index contributed by atoms with van der Waals surface area (Å²) >= 11 is 0. The molecule has 10 heteroatoms. The molecule has 0 aromatic rings. The first kappa shape index (κ1) is 24.7. The molecule has 5 aliphatic rings. The fourth-order valence-corrected chi connectivity index (χ4v) is 8.88. The Balaban J connectivity index is 1.15. The van der Waals surface area contributed by atoms with Gasteiger partial charge in [-0.3, -0.25) is 14.4 Å². The second kappa shape index (κ2) is 10.5. The lowest BCUT2D eigenvalue weighted by molar-refractivity contribution is -0.146. The maximum atomic E-state index is 13.0. The van der Waals surface area contributed by atoms with Gasteiger partial charge in [-0.15, -0.1) is 0 Å². The summed E-state index contributed by atoms with van der Waals surface area (Å²) in [5.74, 6) is 1.69. The monoisotopic (exact) mass is 497 g/mol. The van der Waals surface area contributed by atoms with Crippen molar-refractivity contribution < 1.29 is 24.3 Å². The molecule has 3 amide bonds. The number of carbonyl (C=O) groups is 4. The summed E-state index contributed by atoms with van der Waals surface area (Å²) in [5, 5.41) is 15.2. The lowest BCUT2D eigenvalue weighted by Crippen LogP contribution is -2.53. The number of carbonyl (C=O) groups excluding carboxylic acids is 3. The van der Waals surface area contributed by atoms with Gasteiger partial charge < -0.3 is 20.6 Å². The van der Waals surface area contributed by atoms with Gasteiger partial charge in [0.1, 0.15) is 12.1 Å². The van der Waals surface area contributed by atoms with Crippen molar-refractivity contribution in [2.45, 2.75) is 70.4 Å². The van der Waals surface area contributed by atoms with E-state index in [0.717, 1.165) is 43.4 Å². The molecule has 0 spiro atoms. The van der Waals surface area contributed by atoms with E-state index in [4.69, 9.17) is 0 Å². The highest BCUT2D eigenvalue weighted by Gasteiger charge is 2.54. The van der Waals surface area contributed by atoms with Crippen molar-refractivity contribution in [3.63, 3.8) is 0 Å². The van der Waals surface area contributed by atoms with Crippen LogP contribution in [-0.2, 0) is 19.2 Å². The predicted molar refractivity (Wildman–Crippen MR) is 129 cm³/mol. The fraction of sp³-hybridized carbons (Fsp3) is 0.826. The first-order chi connectivity index (χ1) is 15.8. The van der Waals surface area contributed by atoms with Crippen LogP contribution in [-0.4, -0.2) is 70.4 Å². The third kappa shape index (κ3) is 5.63. The molecule has 184 valence electrons. The second-order valence-electron chi connectivity index (χ2n) is 10.3. The summed E-state index contributed by atoms with van der Waals surface area (Å²) in [6.45, 7) is 2.53. The highest BCUT2D eigenvalue weighted by Crippen LogP contribution is 2.60. The van der Waals surface area contributed by atoms with Gasteiger partial charge in [0.2, 0.25) is 17.7 Å². The number of carboxylic acid groups (broad SMARTS) is 1. The van der Waals surface area contributed by atoms with Crippen LogP contribution in [0.2, 0.25) is 0 Å². The summed E-state index contributed by atoms with van der Waals surface area (Å²) in [5.41, 5.74) is -0.140. The van der Waals surface area contributed by atoms with Crippen molar-refractivity contribution in [2.75, 3.05) is 24.6 Å². The molecule has 0 aromatic heterocycles. The molecule has 0 unspecified atom stereocenters. The topological polar surface area (TPSA) is 116 Å². The average molecular weight is 498 g/mol. The van der Waals surface area contributed by atoms with Crippen LogP contribution in [0.4, 0.5) is 0 Å². The first-order valence-corrected chi connectivity index (χ1v) is 14.6. The highest BCUT2D eigenvalue weighted by atomic mass is 33.1. The molecule has 5 fully saturated rings. The van der Waals surface area contributed by atoms with Gasteiger partial charge in [-0.25, -0.2) is 4.79 Å². The van der Waals surface area contributed by atoms with Crippen LogP contribution in [0.5, 0.6) is 0 Å². The SMILES string of the molecule is CC(=O)N1CCC[C@H]1C(=O)N[C@@H](CSSCCNC(=O)C12CC3CC(CC(C3)C1)C2)C(=O)O. The van der Waals surface area contributed by atoms with Gasteiger partial charge in [-0.05, 0) is 69.1 Å². The van der Waals surface area contributed by atoms with Gasteiger partial charge >= 0.3 is 5.97 Å². The normalized spacial score (nSPS) is 33.1. The Bertz CT molecular complexity index is 757. The lowest BCUT2D eigenvalue weighted by atomic mass is 9.49. The van der Waals surface area contributed by atoms with E-state index in [0.29, 0.717) is 25.3 Å². The number of aliphatic carboxylic acids is 1. The smallest absolute Gasteiger partial charge is 0.327 e. The van der Waals surface area contributed by atoms with Crippen molar-refractivity contribution in [2.24, 2.45) is 23.2 Å². The molecular weight excluding hydrogens is 462 g/mol. The van der Waals surface area contributed by atoms with Crippen molar-refractivity contribution >= 4 is 45.3 Å². The van der Waals surface area contributed by atoms with E-state index in [2.05, 4.69) is 10.6 Å². The summed E-state index contributed by atoms with van der Waals surface area (Å²) in [7, 11) is 2.89. The largest absolute Gasteiger partial charge is 0.480 e. The van der Waals surface area contributed by atoms with Crippen LogP contribution in [0.3, 0.4) is 0 Å². The van der Waals surface area contributed by atoms with Crippen LogP contribution >= 0.6 is 21.6 Å². The molecule has 1 saturated heterocycles. The Hall–Kier alpha value is -1.42. The van der Waals surface area contributed by atoms with E-state index in [-0.39, 0.29) is 23.0 Å². The molecular formula is C23H35N3O5S2. The van der Waals surface area contributed by atoms with E-state index < -0.39 is 24.0 Å². The minimum absolute atomic E-state index is 0.140. The molecule has 8 nitrogen and oxygen atoms in total. The van der Waals surface area contributed by atoms with E-state index in [1.165, 1.54) is 52.7 Å². The van der Waals surface area contributed by atoms with Gasteiger partial charge in [0.15, 0.2) is 0 Å². The minimum atomic E-state index is -1.08. The lowest BCUT2D eigenvalue weighted by Gasteiger charge is -2.55. The van der Waals surface area contributed by atoms with Crippen molar-refractivity contribution in [1.82, 2.24) is 15.5 Å². The van der Waals surface area contributed by atoms with E-state index >= 15 is 0 Å². The van der Waals surface area contributed by atoms with Crippen molar-refractivity contribution in [3.05, 3.63) is 0 Å². The quantitative estimate of drug-likeness (QED) is 0.313. The van der Waals surface area contributed by atoms with Crippen LogP contribution in [0.1, 0.15) is 58.3 Å². The standard InChI is InChI=1S/C23H35N3O5S2/c1-14(27)26-5-2-3-19(26)20(28)25-18(21(29)30)13-33-32-6-4-24-22(31)23-10-15-7-16(11-23)9-17(8-15)12-23/h15-19H,2-13H2,1H3,(H,24,31)(H,25,28)(H,29,30)/t15?,16?,17?,18-,19-,23?/m0/s1. The predicted octanol–water partition coefficient (Wildman–Crippen LogP) is 2.28. The number of hydrogen-bond acceptors (Lipinski definition) is 6. The summed E-state index contributed by atoms with van der Waals surface area (Å²) < 4.78 is 0. The van der Waals surface area contributed by atoms with E-state index in [1.54, 1.807) is 0 Å². The van der Waals surface area contributed by atoms with Gasteiger partial charge in [0.05, 0.1) is 0 Å². The van der Waals surface area contributed by atoms with Crippen LogP contribution in [0.25, 0.3) is 0 Å². The van der Waals surface area contributed by atoms with Gasteiger partial charge in [-0.2, -0.15) is 0 Å². The number of nitrogens with zero attached hydrogens (tertiary/aromatic N) is 1. The molecule has 5 rings (SSSR count). The van der Waals surface area contributed by atoms with Crippen molar-refractivity contribution in [1.29, 1.82) is 0 Å². The van der Waals surface area contributed by atoms with Crippen molar-refractivity contribution in [3.8, 4) is 0 Å². The Morgan fingerprint density at radius 2 is 1.70 bits per heavy atom. The van der Waals surface area contributed by atoms with Gasteiger partial charge in [-0.1, -0.05) is 21.6 Å². The maximum absolute atomic E-state index is 13.0. The average Bonchev–Trinajstić information content (AvgIpc) is 3.24. The summed E-state index contributed by atoms with van der Waals surface area (Å²) in [6, 6.07) is -1.59. The fourth-order valence-electron chi connectivity index (χ4n) is 6.82. The third-order valence-electron chi connectivity index (χ3n) is 7.88. The molecule has 4 bridgehead atoms. The number of hydrogen-bond donors (Lipinski definition) is 3. The molecule has 0 aromatic carbocycles. The maximum Gasteiger partial charge on any atom is 0.327 e. The Labute approximate surface area is 203 Å². The Kier molecular flexibility index (Phi) is 7.83. The third-order valence-corrected chi connectivity index (χ3v) is 10.3. The molecule has 1 aliphatic heterocycles. The number of likely N-dealkylation sites (tertiary alicyclic amines) is 1. The second-order valence-corrected chi connectivity index (χ2v) is 13.0. The number of amides is 3. The zero-order valence-corrected chi connectivity index (χ0v) is 20.8. The van der Waals surface area contributed by atoms with Crippen LogP contribution < -0.4 is 10.6 Å². The zero-order chi connectivity index (χ0) is 23.6. The number of carboxylic acids is 1. The Morgan fingerprint density at radius 1 is 1.06 bits per heavy atom. The van der Waals surface area contributed by atoms with E-state index in [9.17, 15) is 24.3 Å². The molecule has 0 radical (unpaired) electrons. The number of nitrogens with one attached hydrogen (secondary N) is 2. The zero-order valence-electron chi connectivity index (χ0n) is 19.2.